The molecule has 0 aliphatic heterocycles. The number of aryl methyl sites for hydroxylation is 1. The largest absolute Gasteiger partial charge is 0.322 e. The molecule has 0 atom stereocenters. The zero-order chi connectivity index (χ0) is 17.1. The van der Waals surface area contributed by atoms with E-state index in [0.717, 1.165) is 16.8 Å². The van der Waals surface area contributed by atoms with Gasteiger partial charge in [0.25, 0.3) is 5.91 Å². The second-order valence-electron chi connectivity index (χ2n) is 5.50. The molecule has 0 saturated heterocycles. The summed E-state index contributed by atoms with van der Waals surface area (Å²) in [4.78, 5) is 20.7. The maximum absolute atomic E-state index is 12.9. The lowest BCUT2D eigenvalue weighted by molar-refractivity contribution is 0.102. The molecule has 0 spiro atoms. The molecule has 1 amide bonds. The van der Waals surface area contributed by atoms with Crippen LogP contribution in [-0.2, 0) is 0 Å². The van der Waals surface area contributed by atoms with Crippen LogP contribution in [0.25, 0.3) is 11.4 Å². The van der Waals surface area contributed by atoms with Gasteiger partial charge < -0.3 is 5.32 Å². The van der Waals surface area contributed by atoms with Crippen LogP contribution in [0.3, 0.4) is 0 Å². The SMILES string of the molecule is Cc1cccc(NC(=O)c2cnc(-c3ccc(F)cc3)nc2)c1C. The van der Waals surface area contributed by atoms with Gasteiger partial charge in [0, 0.05) is 23.6 Å². The van der Waals surface area contributed by atoms with Crippen LogP contribution in [0.15, 0.2) is 54.9 Å². The Morgan fingerprint density at radius 3 is 2.33 bits per heavy atom. The second kappa shape index (κ2) is 6.58. The highest BCUT2D eigenvalue weighted by Gasteiger charge is 2.10. The van der Waals surface area contributed by atoms with Crippen molar-refractivity contribution in [2.24, 2.45) is 0 Å². The summed E-state index contributed by atoms with van der Waals surface area (Å²) >= 11 is 0. The lowest BCUT2D eigenvalue weighted by Gasteiger charge is -2.10. The van der Waals surface area contributed by atoms with Gasteiger partial charge in [0.05, 0.1) is 5.56 Å². The normalized spacial score (nSPS) is 10.5. The molecule has 5 heteroatoms. The Hall–Kier alpha value is -3.08. The summed E-state index contributed by atoms with van der Waals surface area (Å²) in [6, 6.07) is 11.6. The topological polar surface area (TPSA) is 54.9 Å². The van der Waals surface area contributed by atoms with Gasteiger partial charge in [-0.25, -0.2) is 14.4 Å². The van der Waals surface area contributed by atoms with Gasteiger partial charge >= 0.3 is 0 Å². The first-order chi connectivity index (χ1) is 11.5. The van der Waals surface area contributed by atoms with Gasteiger partial charge in [-0.1, -0.05) is 12.1 Å². The van der Waals surface area contributed by atoms with E-state index in [-0.39, 0.29) is 11.7 Å². The Morgan fingerprint density at radius 1 is 1.00 bits per heavy atom. The number of carbonyl (C=O) groups is 1. The average Bonchev–Trinajstić information content (AvgIpc) is 2.60. The second-order valence-corrected chi connectivity index (χ2v) is 5.50. The molecule has 0 aliphatic carbocycles. The van der Waals surface area contributed by atoms with Gasteiger partial charge in [-0.3, -0.25) is 4.79 Å². The first-order valence-electron chi connectivity index (χ1n) is 7.50. The third kappa shape index (κ3) is 3.30. The van der Waals surface area contributed by atoms with E-state index in [9.17, 15) is 9.18 Å². The highest BCUT2D eigenvalue weighted by atomic mass is 19.1. The minimum Gasteiger partial charge on any atom is -0.322 e. The predicted octanol–water partition coefficient (Wildman–Crippen LogP) is 4.15. The molecular formula is C19H16FN3O. The van der Waals surface area contributed by atoms with Crippen molar-refractivity contribution in [3.05, 3.63) is 77.4 Å². The molecule has 0 fully saturated rings. The van der Waals surface area contributed by atoms with Crippen LogP contribution >= 0.6 is 0 Å². The van der Waals surface area contributed by atoms with Crippen molar-refractivity contribution in [1.82, 2.24) is 9.97 Å². The Balaban J connectivity index is 1.79. The molecule has 0 aliphatic rings. The first kappa shape index (κ1) is 15.8. The summed E-state index contributed by atoms with van der Waals surface area (Å²) in [5.41, 5.74) is 3.95. The van der Waals surface area contributed by atoms with Gasteiger partial charge in [-0.15, -0.1) is 0 Å². The lowest BCUT2D eigenvalue weighted by Crippen LogP contribution is -2.14. The molecule has 4 nitrogen and oxygen atoms in total. The number of nitrogens with one attached hydrogen (secondary N) is 1. The number of hydrogen-bond acceptors (Lipinski definition) is 3. The molecule has 2 aromatic carbocycles. The molecule has 120 valence electrons. The van der Waals surface area contributed by atoms with Crippen molar-refractivity contribution in [2.45, 2.75) is 13.8 Å². The maximum Gasteiger partial charge on any atom is 0.258 e. The van der Waals surface area contributed by atoms with Crippen molar-refractivity contribution in [2.75, 3.05) is 5.32 Å². The zero-order valence-electron chi connectivity index (χ0n) is 13.4. The van der Waals surface area contributed by atoms with Crippen LogP contribution in [0.2, 0.25) is 0 Å². The van der Waals surface area contributed by atoms with Crippen LogP contribution in [0, 0.1) is 19.7 Å². The minimum absolute atomic E-state index is 0.269. The lowest BCUT2D eigenvalue weighted by atomic mass is 10.1. The Kier molecular flexibility index (Phi) is 4.33. The first-order valence-corrected chi connectivity index (χ1v) is 7.50. The quantitative estimate of drug-likeness (QED) is 0.788. The van der Waals surface area contributed by atoms with E-state index in [1.807, 2.05) is 32.0 Å². The van der Waals surface area contributed by atoms with Crippen LogP contribution in [0.5, 0.6) is 0 Å². The summed E-state index contributed by atoms with van der Waals surface area (Å²) in [5.74, 6) is -0.143. The molecule has 0 bridgehead atoms. The summed E-state index contributed by atoms with van der Waals surface area (Å²) in [5, 5.41) is 2.87. The molecule has 3 rings (SSSR count). The maximum atomic E-state index is 12.9. The van der Waals surface area contributed by atoms with Crippen molar-refractivity contribution in [1.29, 1.82) is 0 Å². The van der Waals surface area contributed by atoms with Crippen molar-refractivity contribution in [3.8, 4) is 11.4 Å². The number of aromatic nitrogens is 2. The fraction of sp³-hybridized carbons (Fsp3) is 0.105. The van der Waals surface area contributed by atoms with E-state index in [1.165, 1.54) is 24.5 Å². The average molecular weight is 321 g/mol. The molecular weight excluding hydrogens is 305 g/mol. The summed E-state index contributed by atoms with van der Waals surface area (Å²) in [7, 11) is 0. The number of nitrogens with zero attached hydrogens (tertiary/aromatic N) is 2. The van der Waals surface area contributed by atoms with E-state index in [4.69, 9.17) is 0 Å². The number of benzene rings is 2. The van der Waals surface area contributed by atoms with E-state index in [0.29, 0.717) is 17.0 Å². The number of carbonyl (C=O) groups excluding carboxylic acids is 1. The predicted molar refractivity (Wildman–Crippen MR) is 91.3 cm³/mol. The third-order valence-corrected chi connectivity index (χ3v) is 3.87. The fourth-order valence-corrected chi connectivity index (χ4v) is 2.27. The van der Waals surface area contributed by atoms with E-state index >= 15 is 0 Å². The van der Waals surface area contributed by atoms with Gasteiger partial charge in [0.1, 0.15) is 5.82 Å². The fourth-order valence-electron chi connectivity index (χ4n) is 2.27. The summed E-state index contributed by atoms with van der Waals surface area (Å²) in [6.07, 6.45) is 2.93. The summed E-state index contributed by atoms with van der Waals surface area (Å²) < 4.78 is 12.9. The van der Waals surface area contributed by atoms with Crippen molar-refractivity contribution in [3.63, 3.8) is 0 Å². The van der Waals surface area contributed by atoms with E-state index in [1.54, 1.807) is 12.1 Å². The number of rotatable bonds is 3. The Bertz CT molecular complexity index is 874. The van der Waals surface area contributed by atoms with Gasteiger partial charge in [-0.2, -0.15) is 0 Å². The van der Waals surface area contributed by atoms with Gasteiger partial charge in [-0.05, 0) is 55.3 Å². The van der Waals surface area contributed by atoms with Crippen LogP contribution in [0.4, 0.5) is 10.1 Å². The standard InChI is InChI=1S/C19H16FN3O/c1-12-4-3-5-17(13(12)2)23-19(24)15-10-21-18(22-11-15)14-6-8-16(20)9-7-14/h3-11H,1-2H3,(H,23,24). The van der Waals surface area contributed by atoms with Crippen molar-refractivity contribution >= 4 is 11.6 Å². The monoisotopic (exact) mass is 321 g/mol. The van der Waals surface area contributed by atoms with Crippen LogP contribution in [0.1, 0.15) is 21.5 Å². The Morgan fingerprint density at radius 2 is 1.67 bits per heavy atom. The van der Waals surface area contributed by atoms with Crippen molar-refractivity contribution < 1.29 is 9.18 Å². The molecule has 0 radical (unpaired) electrons. The number of amides is 1. The molecule has 1 heterocycles. The number of halogens is 1. The number of anilines is 1. The highest BCUT2D eigenvalue weighted by molar-refractivity contribution is 6.04. The van der Waals surface area contributed by atoms with Gasteiger partial charge in [0.2, 0.25) is 0 Å². The molecule has 3 aromatic rings. The summed E-state index contributed by atoms with van der Waals surface area (Å²) in [6.45, 7) is 3.95. The van der Waals surface area contributed by atoms with Crippen LogP contribution in [-0.4, -0.2) is 15.9 Å². The number of hydrogen-bond donors (Lipinski definition) is 1. The van der Waals surface area contributed by atoms with E-state index < -0.39 is 0 Å². The minimum atomic E-state index is -0.316. The zero-order valence-corrected chi connectivity index (χ0v) is 13.4. The molecule has 24 heavy (non-hydrogen) atoms. The Labute approximate surface area is 139 Å². The van der Waals surface area contributed by atoms with Gasteiger partial charge in [0.15, 0.2) is 5.82 Å². The smallest absolute Gasteiger partial charge is 0.258 e. The molecule has 1 aromatic heterocycles. The third-order valence-electron chi connectivity index (χ3n) is 3.87. The molecule has 0 unspecified atom stereocenters. The van der Waals surface area contributed by atoms with E-state index in [2.05, 4.69) is 15.3 Å². The molecule has 1 N–H and O–H groups in total. The highest BCUT2D eigenvalue weighted by Crippen LogP contribution is 2.19. The van der Waals surface area contributed by atoms with Crippen LogP contribution < -0.4 is 5.32 Å². The molecule has 0 saturated carbocycles.